The number of nitrogens with one attached hydrogen (secondary N) is 1. The van der Waals surface area contributed by atoms with E-state index in [1.807, 2.05) is 0 Å². The van der Waals surface area contributed by atoms with E-state index in [4.69, 9.17) is 4.74 Å². The molecular weight excluding hydrogens is 322 g/mol. The van der Waals surface area contributed by atoms with Crippen LogP contribution in [0.5, 0.6) is 5.75 Å². The second-order valence-corrected chi connectivity index (χ2v) is 5.53. The molecule has 0 spiro atoms. The van der Waals surface area contributed by atoms with Crippen molar-refractivity contribution < 1.29 is 14.3 Å². The first-order valence-electron chi connectivity index (χ1n) is 6.86. The smallest absolute Gasteiger partial charge is 0.314 e. The van der Waals surface area contributed by atoms with E-state index < -0.39 is 0 Å². The fourth-order valence-electron chi connectivity index (χ4n) is 2.37. The Bertz CT molecular complexity index is 484. The van der Waals surface area contributed by atoms with Gasteiger partial charge in [0.05, 0.1) is 11.2 Å². The Morgan fingerprint density at radius 3 is 2.70 bits per heavy atom. The molecule has 1 aliphatic rings. The predicted octanol–water partition coefficient (Wildman–Crippen LogP) is 3.51. The molecule has 1 aromatic carbocycles. The summed E-state index contributed by atoms with van der Waals surface area (Å²) < 4.78 is 5.41. The molecule has 1 amide bonds. The summed E-state index contributed by atoms with van der Waals surface area (Å²) in [5.74, 6) is 0.201. The molecule has 1 saturated carbocycles. The number of carbonyl (C=O) groups excluding carboxylic acids is 2. The molecule has 0 aromatic heterocycles. The minimum atomic E-state index is -0.159. The van der Waals surface area contributed by atoms with Crippen molar-refractivity contribution in [2.24, 2.45) is 5.92 Å². The van der Waals surface area contributed by atoms with Crippen LogP contribution in [-0.2, 0) is 9.59 Å². The number of carbonyl (C=O) groups is 2. The van der Waals surface area contributed by atoms with E-state index in [9.17, 15) is 9.59 Å². The van der Waals surface area contributed by atoms with Crippen LogP contribution in [0.1, 0.15) is 32.1 Å². The van der Waals surface area contributed by atoms with Crippen molar-refractivity contribution in [3.05, 3.63) is 24.3 Å². The maximum absolute atomic E-state index is 12.0. The standard InChI is InChI=1S/C15H18BrNO3/c16-10-14(18)17-12-7-4-8-13(9-12)20-15(19)11-5-2-1-3-6-11/h4,7-9,11H,1-3,5-6,10H2,(H,17,18). The summed E-state index contributed by atoms with van der Waals surface area (Å²) in [6.07, 6.45) is 5.23. The third-order valence-corrected chi connectivity index (χ3v) is 3.91. The zero-order valence-corrected chi connectivity index (χ0v) is 12.8. The zero-order valence-electron chi connectivity index (χ0n) is 11.2. The highest BCUT2D eigenvalue weighted by Crippen LogP contribution is 2.26. The highest BCUT2D eigenvalue weighted by atomic mass is 79.9. The highest BCUT2D eigenvalue weighted by Gasteiger charge is 2.22. The van der Waals surface area contributed by atoms with Gasteiger partial charge in [0.25, 0.3) is 0 Å². The van der Waals surface area contributed by atoms with Gasteiger partial charge in [0.2, 0.25) is 5.91 Å². The largest absolute Gasteiger partial charge is 0.426 e. The van der Waals surface area contributed by atoms with Crippen molar-refractivity contribution in [2.45, 2.75) is 32.1 Å². The zero-order chi connectivity index (χ0) is 14.4. The van der Waals surface area contributed by atoms with E-state index >= 15 is 0 Å². The van der Waals surface area contributed by atoms with Gasteiger partial charge in [-0.1, -0.05) is 41.3 Å². The van der Waals surface area contributed by atoms with Crippen molar-refractivity contribution in [3.63, 3.8) is 0 Å². The first-order valence-corrected chi connectivity index (χ1v) is 7.99. The van der Waals surface area contributed by atoms with Crippen molar-refractivity contribution in [3.8, 4) is 5.75 Å². The molecule has 1 aliphatic carbocycles. The monoisotopic (exact) mass is 339 g/mol. The topological polar surface area (TPSA) is 55.4 Å². The Morgan fingerprint density at radius 2 is 2.00 bits per heavy atom. The average Bonchev–Trinajstić information content (AvgIpc) is 2.48. The van der Waals surface area contributed by atoms with Crippen molar-refractivity contribution in [2.75, 3.05) is 10.6 Å². The van der Waals surface area contributed by atoms with Crippen LogP contribution in [0.4, 0.5) is 5.69 Å². The molecule has 5 heteroatoms. The Morgan fingerprint density at radius 1 is 1.25 bits per heavy atom. The molecule has 0 saturated heterocycles. The average molecular weight is 340 g/mol. The fourth-order valence-corrected chi connectivity index (χ4v) is 2.51. The summed E-state index contributed by atoms with van der Waals surface area (Å²) in [4.78, 5) is 23.3. The van der Waals surface area contributed by atoms with Gasteiger partial charge in [-0.3, -0.25) is 9.59 Å². The van der Waals surface area contributed by atoms with Gasteiger partial charge in [-0.25, -0.2) is 0 Å². The lowest BCUT2D eigenvalue weighted by Gasteiger charge is -2.19. The predicted molar refractivity (Wildman–Crippen MR) is 81.1 cm³/mol. The van der Waals surface area contributed by atoms with Crippen molar-refractivity contribution in [1.29, 1.82) is 0 Å². The first kappa shape index (κ1) is 15.0. The normalized spacial score (nSPS) is 15.7. The number of anilines is 1. The van der Waals surface area contributed by atoms with Gasteiger partial charge in [-0.05, 0) is 25.0 Å². The SMILES string of the molecule is O=C(CBr)Nc1cccc(OC(=O)C2CCCCC2)c1. The Labute approximate surface area is 127 Å². The van der Waals surface area contributed by atoms with E-state index in [-0.39, 0.29) is 23.1 Å². The maximum atomic E-state index is 12.0. The maximum Gasteiger partial charge on any atom is 0.314 e. The summed E-state index contributed by atoms with van der Waals surface area (Å²) in [6, 6.07) is 6.91. The fraction of sp³-hybridized carbons (Fsp3) is 0.467. The minimum absolute atomic E-state index is 0.0181. The summed E-state index contributed by atoms with van der Waals surface area (Å²) in [7, 11) is 0. The number of benzene rings is 1. The van der Waals surface area contributed by atoms with Crippen LogP contribution in [0, 0.1) is 5.92 Å². The molecule has 0 bridgehead atoms. The molecule has 1 aromatic rings. The molecule has 4 nitrogen and oxygen atoms in total. The van der Waals surface area contributed by atoms with Crippen LogP contribution in [0.2, 0.25) is 0 Å². The minimum Gasteiger partial charge on any atom is -0.426 e. The number of alkyl halides is 1. The van der Waals surface area contributed by atoms with E-state index in [0.717, 1.165) is 25.7 Å². The lowest BCUT2D eigenvalue weighted by atomic mass is 9.89. The van der Waals surface area contributed by atoms with Crippen LogP contribution < -0.4 is 10.1 Å². The number of esters is 1. The van der Waals surface area contributed by atoms with Crippen LogP contribution >= 0.6 is 15.9 Å². The van der Waals surface area contributed by atoms with Gasteiger partial charge in [0.15, 0.2) is 0 Å². The lowest BCUT2D eigenvalue weighted by molar-refractivity contribution is -0.140. The van der Waals surface area contributed by atoms with E-state index in [1.165, 1.54) is 6.42 Å². The van der Waals surface area contributed by atoms with Gasteiger partial charge >= 0.3 is 5.97 Å². The van der Waals surface area contributed by atoms with E-state index in [1.54, 1.807) is 24.3 Å². The number of rotatable bonds is 4. The van der Waals surface area contributed by atoms with Crippen LogP contribution in [-0.4, -0.2) is 17.2 Å². The second kappa shape index (κ2) is 7.43. The van der Waals surface area contributed by atoms with Crippen molar-refractivity contribution in [1.82, 2.24) is 0 Å². The Balaban J connectivity index is 1.96. The molecule has 0 heterocycles. The highest BCUT2D eigenvalue weighted by molar-refractivity contribution is 9.09. The molecule has 2 rings (SSSR count). The first-order chi connectivity index (χ1) is 9.69. The molecular formula is C15H18BrNO3. The summed E-state index contributed by atoms with van der Waals surface area (Å²) in [5, 5.41) is 2.94. The summed E-state index contributed by atoms with van der Waals surface area (Å²) in [6.45, 7) is 0. The second-order valence-electron chi connectivity index (χ2n) is 4.97. The third kappa shape index (κ3) is 4.34. The molecule has 20 heavy (non-hydrogen) atoms. The number of amides is 1. The molecule has 0 unspecified atom stereocenters. The number of halogens is 1. The Kier molecular flexibility index (Phi) is 5.59. The number of hydrogen-bond donors (Lipinski definition) is 1. The lowest BCUT2D eigenvalue weighted by Crippen LogP contribution is -2.22. The Hall–Kier alpha value is -1.36. The van der Waals surface area contributed by atoms with Crippen LogP contribution in [0.3, 0.4) is 0 Å². The van der Waals surface area contributed by atoms with Gasteiger partial charge in [-0.2, -0.15) is 0 Å². The van der Waals surface area contributed by atoms with Gasteiger partial charge in [0.1, 0.15) is 5.75 Å². The molecule has 0 atom stereocenters. The van der Waals surface area contributed by atoms with Crippen molar-refractivity contribution >= 4 is 33.5 Å². The molecule has 1 fully saturated rings. The molecule has 1 N–H and O–H groups in total. The quantitative estimate of drug-likeness (QED) is 0.518. The summed E-state index contributed by atoms with van der Waals surface area (Å²) >= 11 is 3.09. The van der Waals surface area contributed by atoms with Gasteiger partial charge < -0.3 is 10.1 Å². The van der Waals surface area contributed by atoms with Crippen LogP contribution in [0.15, 0.2) is 24.3 Å². The van der Waals surface area contributed by atoms with Crippen LogP contribution in [0.25, 0.3) is 0 Å². The molecule has 108 valence electrons. The van der Waals surface area contributed by atoms with Gasteiger partial charge in [0, 0.05) is 11.8 Å². The summed E-state index contributed by atoms with van der Waals surface area (Å²) in [5.41, 5.74) is 0.628. The number of hydrogen-bond acceptors (Lipinski definition) is 3. The van der Waals surface area contributed by atoms with E-state index in [2.05, 4.69) is 21.2 Å². The molecule has 0 aliphatic heterocycles. The van der Waals surface area contributed by atoms with E-state index in [0.29, 0.717) is 11.4 Å². The van der Waals surface area contributed by atoms with Gasteiger partial charge in [-0.15, -0.1) is 0 Å². The molecule has 0 radical (unpaired) electrons. The number of ether oxygens (including phenoxy) is 1. The third-order valence-electron chi connectivity index (χ3n) is 3.40.